The average Bonchev–Trinajstić information content (AvgIpc) is 2.76. The van der Waals surface area contributed by atoms with Crippen LogP contribution in [0.1, 0.15) is 24.2 Å². The van der Waals surface area contributed by atoms with E-state index in [-0.39, 0.29) is 30.2 Å². The van der Waals surface area contributed by atoms with Crippen molar-refractivity contribution >= 4 is 33.5 Å². The highest BCUT2D eigenvalue weighted by molar-refractivity contribution is 7.89. The van der Waals surface area contributed by atoms with Crippen LogP contribution in [-0.2, 0) is 19.6 Å². The van der Waals surface area contributed by atoms with Gasteiger partial charge in [-0.3, -0.25) is 9.59 Å². The molecule has 0 aromatic heterocycles. The lowest BCUT2D eigenvalue weighted by Gasteiger charge is -2.18. The standard InChI is InChI=1S/C21H25ClN2O6S/c1-3-24(4-2)31(27,28)19-10-8-16(9-11-19)21(26)23-15-20(25)30-13-12-29-18-7-5-6-17(22)14-18/h5-11,14H,3-4,12-13,15H2,1-2H3,(H,23,26). The molecular formula is C21H25ClN2O6S. The highest BCUT2D eigenvalue weighted by Crippen LogP contribution is 2.17. The fourth-order valence-electron chi connectivity index (χ4n) is 2.67. The molecule has 2 aromatic carbocycles. The van der Waals surface area contributed by atoms with Gasteiger partial charge in [-0.25, -0.2) is 8.42 Å². The summed E-state index contributed by atoms with van der Waals surface area (Å²) < 4.78 is 36.7. The minimum atomic E-state index is -3.60. The molecule has 0 bridgehead atoms. The van der Waals surface area contributed by atoms with Gasteiger partial charge in [0.1, 0.15) is 25.5 Å². The molecule has 0 fully saturated rings. The number of sulfonamides is 1. The van der Waals surface area contributed by atoms with Crippen molar-refractivity contribution in [2.24, 2.45) is 0 Å². The molecule has 0 aliphatic rings. The van der Waals surface area contributed by atoms with Crippen LogP contribution in [-0.4, -0.2) is 57.4 Å². The average molecular weight is 469 g/mol. The van der Waals surface area contributed by atoms with Gasteiger partial charge < -0.3 is 14.8 Å². The molecule has 0 saturated heterocycles. The SMILES string of the molecule is CCN(CC)S(=O)(=O)c1ccc(C(=O)NCC(=O)OCCOc2cccc(Cl)c2)cc1. The van der Waals surface area contributed by atoms with E-state index >= 15 is 0 Å². The summed E-state index contributed by atoms with van der Waals surface area (Å²) >= 11 is 5.85. The molecule has 0 aliphatic heterocycles. The molecule has 1 amide bonds. The summed E-state index contributed by atoms with van der Waals surface area (Å²) in [6, 6.07) is 12.4. The predicted molar refractivity (Wildman–Crippen MR) is 117 cm³/mol. The summed E-state index contributed by atoms with van der Waals surface area (Å²) in [6.07, 6.45) is 0. The molecule has 0 saturated carbocycles. The van der Waals surface area contributed by atoms with Crippen LogP contribution in [0, 0.1) is 0 Å². The Kier molecular flexibility index (Phi) is 9.29. The minimum absolute atomic E-state index is 0.0130. The second-order valence-corrected chi connectivity index (χ2v) is 8.70. The smallest absolute Gasteiger partial charge is 0.325 e. The third-order valence-corrected chi connectivity index (χ3v) is 6.56. The van der Waals surface area contributed by atoms with Crippen LogP contribution in [0.15, 0.2) is 53.4 Å². The lowest BCUT2D eigenvalue weighted by Crippen LogP contribution is -2.32. The predicted octanol–water partition coefficient (Wildman–Crippen LogP) is 2.72. The van der Waals surface area contributed by atoms with Crippen molar-refractivity contribution in [1.82, 2.24) is 9.62 Å². The Labute approximate surface area is 187 Å². The Bertz CT molecular complexity index is 991. The summed E-state index contributed by atoms with van der Waals surface area (Å²) in [6.45, 7) is 4.05. The first-order valence-corrected chi connectivity index (χ1v) is 11.5. The number of hydrogen-bond acceptors (Lipinski definition) is 6. The summed E-state index contributed by atoms with van der Waals surface area (Å²) in [5, 5.41) is 2.97. The lowest BCUT2D eigenvalue weighted by molar-refractivity contribution is -0.143. The topological polar surface area (TPSA) is 102 Å². The van der Waals surface area contributed by atoms with Gasteiger partial charge in [0.05, 0.1) is 4.90 Å². The number of ether oxygens (including phenoxy) is 2. The van der Waals surface area contributed by atoms with E-state index in [2.05, 4.69) is 5.32 Å². The van der Waals surface area contributed by atoms with Crippen LogP contribution >= 0.6 is 11.6 Å². The zero-order valence-corrected chi connectivity index (χ0v) is 18.9. The first-order valence-electron chi connectivity index (χ1n) is 9.70. The van der Waals surface area contributed by atoms with Crippen molar-refractivity contribution in [3.8, 4) is 5.75 Å². The fraction of sp³-hybridized carbons (Fsp3) is 0.333. The van der Waals surface area contributed by atoms with Crippen molar-refractivity contribution in [1.29, 1.82) is 0 Å². The summed E-state index contributed by atoms with van der Waals surface area (Å²) in [5.41, 5.74) is 0.232. The van der Waals surface area contributed by atoms with E-state index in [1.54, 1.807) is 38.1 Å². The number of esters is 1. The van der Waals surface area contributed by atoms with Gasteiger partial charge in [0.25, 0.3) is 5.91 Å². The van der Waals surface area contributed by atoms with Crippen molar-refractivity contribution in [2.75, 3.05) is 32.8 Å². The fourth-order valence-corrected chi connectivity index (χ4v) is 4.31. The van der Waals surface area contributed by atoms with Gasteiger partial charge in [0, 0.05) is 23.7 Å². The molecule has 2 aromatic rings. The first kappa shape index (κ1) is 24.6. The molecule has 0 radical (unpaired) electrons. The van der Waals surface area contributed by atoms with Gasteiger partial charge in [0.2, 0.25) is 10.0 Å². The molecule has 0 atom stereocenters. The second-order valence-electron chi connectivity index (χ2n) is 6.32. The number of carbonyl (C=O) groups is 2. The molecule has 0 unspecified atom stereocenters. The van der Waals surface area contributed by atoms with E-state index in [9.17, 15) is 18.0 Å². The first-order chi connectivity index (χ1) is 14.8. The molecule has 10 heteroatoms. The zero-order valence-electron chi connectivity index (χ0n) is 17.3. The largest absolute Gasteiger partial charge is 0.490 e. The summed E-state index contributed by atoms with van der Waals surface area (Å²) in [7, 11) is -3.60. The number of hydrogen-bond donors (Lipinski definition) is 1. The van der Waals surface area contributed by atoms with Gasteiger partial charge in [-0.2, -0.15) is 4.31 Å². The normalized spacial score (nSPS) is 11.2. The van der Waals surface area contributed by atoms with Crippen LogP contribution in [0.5, 0.6) is 5.75 Å². The Hall–Kier alpha value is -2.62. The Balaban J connectivity index is 1.78. The molecule has 8 nitrogen and oxygen atoms in total. The molecule has 168 valence electrons. The van der Waals surface area contributed by atoms with E-state index in [0.717, 1.165) is 0 Å². The monoisotopic (exact) mass is 468 g/mol. The maximum Gasteiger partial charge on any atom is 0.325 e. The van der Waals surface area contributed by atoms with Crippen molar-refractivity contribution in [3.63, 3.8) is 0 Å². The van der Waals surface area contributed by atoms with Crippen LogP contribution in [0.25, 0.3) is 0 Å². The van der Waals surface area contributed by atoms with Crippen LogP contribution in [0.4, 0.5) is 0 Å². The number of amides is 1. The van der Waals surface area contributed by atoms with Gasteiger partial charge in [0.15, 0.2) is 0 Å². The van der Waals surface area contributed by atoms with Gasteiger partial charge in [-0.1, -0.05) is 31.5 Å². The van der Waals surface area contributed by atoms with E-state index in [1.165, 1.54) is 28.6 Å². The number of carbonyl (C=O) groups excluding carboxylic acids is 2. The maximum atomic E-state index is 12.5. The molecule has 1 N–H and O–H groups in total. The summed E-state index contributed by atoms with van der Waals surface area (Å²) in [4.78, 5) is 24.1. The number of nitrogens with zero attached hydrogens (tertiary/aromatic N) is 1. The van der Waals surface area contributed by atoms with E-state index in [1.807, 2.05) is 0 Å². The molecule has 0 spiro atoms. The summed E-state index contributed by atoms with van der Waals surface area (Å²) in [5.74, 6) is -0.578. The number of benzene rings is 2. The van der Waals surface area contributed by atoms with Crippen molar-refractivity contribution < 1.29 is 27.5 Å². The third kappa shape index (κ3) is 7.23. The minimum Gasteiger partial charge on any atom is -0.490 e. The van der Waals surface area contributed by atoms with Crippen molar-refractivity contribution in [3.05, 3.63) is 59.1 Å². The Morgan fingerprint density at radius 1 is 1.03 bits per heavy atom. The number of halogens is 1. The van der Waals surface area contributed by atoms with Gasteiger partial charge in [-0.15, -0.1) is 0 Å². The van der Waals surface area contributed by atoms with E-state index in [4.69, 9.17) is 21.1 Å². The molecular weight excluding hydrogens is 444 g/mol. The highest BCUT2D eigenvalue weighted by atomic mass is 35.5. The molecule has 0 aliphatic carbocycles. The van der Waals surface area contributed by atoms with Gasteiger partial charge in [-0.05, 0) is 42.5 Å². The van der Waals surface area contributed by atoms with Crippen LogP contribution in [0.2, 0.25) is 5.02 Å². The van der Waals surface area contributed by atoms with Gasteiger partial charge >= 0.3 is 5.97 Å². The molecule has 31 heavy (non-hydrogen) atoms. The quantitative estimate of drug-likeness (QED) is 0.402. The van der Waals surface area contributed by atoms with E-state index in [0.29, 0.717) is 23.9 Å². The van der Waals surface area contributed by atoms with E-state index < -0.39 is 21.9 Å². The maximum absolute atomic E-state index is 12.5. The zero-order chi connectivity index (χ0) is 22.9. The van der Waals surface area contributed by atoms with Crippen molar-refractivity contribution in [2.45, 2.75) is 18.7 Å². The second kappa shape index (κ2) is 11.7. The van der Waals surface area contributed by atoms with Crippen LogP contribution < -0.4 is 10.1 Å². The highest BCUT2D eigenvalue weighted by Gasteiger charge is 2.21. The lowest BCUT2D eigenvalue weighted by atomic mass is 10.2. The number of nitrogens with one attached hydrogen (secondary N) is 1. The Morgan fingerprint density at radius 3 is 2.32 bits per heavy atom. The Morgan fingerprint density at radius 2 is 1.71 bits per heavy atom. The molecule has 0 heterocycles. The molecule has 2 rings (SSSR count). The van der Waals surface area contributed by atoms with Crippen LogP contribution in [0.3, 0.4) is 0 Å². The third-order valence-electron chi connectivity index (χ3n) is 4.26. The number of rotatable bonds is 11.